The van der Waals surface area contributed by atoms with E-state index in [9.17, 15) is 13.2 Å². The van der Waals surface area contributed by atoms with E-state index in [0.29, 0.717) is 50.1 Å². The highest BCUT2D eigenvalue weighted by atomic mass is 32.2. The van der Waals surface area contributed by atoms with Crippen LogP contribution in [-0.4, -0.2) is 74.3 Å². The van der Waals surface area contributed by atoms with Crippen molar-refractivity contribution in [1.82, 2.24) is 14.9 Å². The zero-order valence-corrected chi connectivity index (χ0v) is 18.7. The largest absolute Gasteiger partial charge is 0.368 e. The zero-order chi connectivity index (χ0) is 21.3. The first kappa shape index (κ1) is 21.5. The van der Waals surface area contributed by atoms with Crippen molar-refractivity contribution in [3.05, 3.63) is 11.9 Å². The standard InChI is InChI=1S/C21H32N4O4S/c1-15-5-9-25(10-6-15)21-22-14-18(30(2,27)28)19(23-21)16-7-11-24(12-8-16)20(26)17-4-3-13-29-17/h14-17H,3-13H2,1-2H3/t17-/m0/s1. The Morgan fingerprint density at radius 2 is 1.80 bits per heavy atom. The van der Waals surface area contributed by atoms with Crippen molar-refractivity contribution in [3.8, 4) is 0 Å². The van der Waals surface area contributed by atoms with Gasteiger partial charge in [0.15, 0.2) is 9.84 Å². The van der Waals surface area contributed by atoms with Crippen LogP contribution in [-0.2, 0) is 19.4 Å². The van der Waals surface area contributed by atoms with Gasteiger partial charge in [0.05, 0.1) is 11.9 Å². The molecule has 1 atom stereocenters. The topological polar surface area (TPSA) is 92.7 Å². The van der Waals surface area contributed by atoms with Crippen LogP contribution in [0.4, 0.5) is 5.95 Å². The Morgan fingerprint density at radius 3 is 2.40 bits per heavy atom. The SMILES string of the molecule is CC1CCN(c2ncc(S(C)(=O)=O)c(C3CCN(C(=O)[C@@H]4CCCO4)CC3)n2)CC1. The van der Waals surface area contributed by atoms with Crippen LogP contribution in [0.25, 0.3) is 0 Å². The Hall–Kier alpha value is -1.74. The molecular weight excluding hydrogens is 404 g/mol. The molecule has 0 radical (unpaired) electrons. The summed E-state index contributed by atoms with van der Waals surface area (Å²) in [5.41, 5.74) is 0.616. The molecule has 0 unspecified atom stereocenters. The van der Waals surface area contributed by atoms with E-state index in [2.05, 4.69) is 16.8 Å². The highest BCUT2D eigenvalue weighted by Crippen LogP contribution is 2.33. The number of hydrogen-bond donors (Lipinski definition) is 0. The minimum absolute atomic E-state index is 0.00809. The Kier molecular flexibility index (Phi) is 6.29. The Labute approximate surface area is 178 Å². The first-order valence-corrected chi connectivity index (χ1v) is 12.9. The molecule has 0 aliphatic carbocycles. The highest BCUT2D eigenvalue weighted by molar-refractivity contribution is 7.90. The molecule has 0 bridgehead atoms. The molecule has 3 saturated heterocycles. The van der Waals surface area contributed by atoms with Crippen LogP contribution < -0.4 is 4.90 Å². The third kappa shape index (κ3) is 4.61. The molecule has 166 valence electrons. The quantitative estimate of drug-likeness (QED) is 0.713. The van der Waals surface area contributed by atoms with Crippen molar-refractivity contribution in [3.63, 3.8) is 0 Å². The van der Waals surface area contributed by atoms with Crippen LogP contribution in [0.2, 0.25) is 0 Å². The summed E-state index contributed by atoms with van der Waals surface area (Å²) in [6.07, 6.45) is 7.71. The smallest absolute Gasteiger partial charge is 0.251 e. The lowest BCUT2D eigenvalue weighted by molar-refractivity contribution is -0.142. The van der Waals surface area contributed by atoms with Crippen LogP contribution in [0.3, 0.4) is 0 Å². The number of aromatic nitrogens is 2. The minimum Gasteiger partial charge on any atom is -0.368 e. The summed E-state index contributed by atoms with van der Waals surface area (Å²) in [4.78, 5) is 26.0. The van der Waals surface area contributed by atoms with Gasteiger partial charge in [-0.1, -0.05) is 6.92 Å². The lowest BCUT2D eigenvalue weighted by Gasteiger charge is -2.34. The van der Waals surface area contributed by atoms with Crippen LogP contribution in [0, 0.1) is 5.92 Å². The fourth-order valence-corrected chi connectivity index (χ4v) is 5.50. The second kappa shape index (κ2) is 8.78. The normalized spacial score (nSPS) is 24.4. The van der Waals surface area contributed by atoms with E-state index in [4.69, 9.17) is 9.72 Å². The van der Waals surface area contributed by atoms with Gasteiger partial charge in [-0.05, 0) is 44.4 Å². The first-order valence-electron chi connectivity index (χ1n) is 11.0. The van der Waals surface area contributed by atoms with E-state index in [-0.39, 0.29) is 22.8 Å². The average molecular weight is 437 g/mol. The van der Waals surface area contributed by atoms with Crippen LogP contribution in [0.5, 0.6) is 0 Å². The second-order valence-corrected chi connectivity index (χ2v) is 10.9. The number of piperidine rings is 2. The summed E-state index contributed by atoms with van der Waals surface area (Å²) in [7, 11) is -3.43. The molecule has 0 N–H and O–H groups in total. The maximum absolute atomic E-state index is 12.6. The molecule has 8 nitrogen and oxygen atoms in total. The predicted molar refractivity (Wildman–Crippen MR) is 113 cm³/mol. The van der Waals surface area contributed by atoms with Crippen LogP contribution in [0.1, 0.15) is 57.1 Å². The van der Waals surface area contributed by atoms with Gasteiger partial charge in [-0.2, -0.15) is 0 Å². The number of ether oxygens (including phenoxy) is 1. The molecule has 0 saturated carbocycles. The van der Waals surface area contributed by atoms with Crippen molar-refractivity contribution in [2.24, 2.45) is 5.92 Å². The number of sulfone groups is 1. The molecule has 30 heavy (non-hydrogen) atoms. The van der Waals surface area contributed by atoms with Crippen LogP contribution in [0.15, 0.2) is 11.1 Å². The molecular formula is C21H32N4O4S. The summed E-state index contributed by atoms with van der Waals surface area (Å²) < 4.78 is 30.3. The van der Waals surface area contributed by atoms with Gasteiger partial charge in [0.1, 0.15) is 11.0 Å². The molecule has 0 aromatic carbocycles. The monoisotopic (exact) mass is 436 g/mol. The van der Waals surface area contributed by atoms with Gasteiger partial charge in [-0.3, -0.25) is 4.79 Å². The molecule has 3 aliphatic rings. The van der Waals surface area contributed by atoms with Crippen LogP contribution >= 0.6 is 0 Å². The molecule has 4 rings (SSSR count). The fourth-order valence-electron chi connectivity index (χ4n) is 4.66. The van der Waals surface area contributed by atoms with Gasteiger partial charge in [0.2, 0.25) is 5.95 Å². The number of rotatable bonds is 4. The van der Waals surface area contributed by atoms with Gasteiger partial charge in [0.25, 0.3) is 5.91 Å². The molecule has 0 spiro atoms. The van der Waals surface area contributed by atoms with E-state index in [0.717, 1.165) is 38.8 Å². The van der Waals surface area contributed by atoms with Crippen molar-refractivity contribution in [1.29, 1.82) is 0 Å². The Bertz CT molecular complexity index is 869. The van der Waals surface area contributed by atoms with E-state index in [1.54, 1.807) is 0 Å². The van der Waals surface area contributed by atoms with Gasteiger partial charge in [0, 0.05) is 45.0 Å². The number of amides is 1. The summed E-state index contributed by atoms with van der Waals surface area (Å²) in [6.45, 7) is 5.91. The molecule has 3 fully saturated rings. The third-order valence-electron chi connectivity index (χ3n) is 6.63. The van der Waals surface area contributed by atoms with Gasteiger partial charge in [-0.25, -0.2) is 18.4 Å². The molecule has 9 heteroatoms. The minimum atomic E-state index is -3.43. The van der Waals surface area contributed by atoms with Crippen molar-refractivity contribution >= 4 is 21.7 Å². The van der Waals surface area contributed by atoms with Crippen molar-refractivity contribution in [2.75, 3.05) is 43.9 Å². The number of carbonyl (C=O) groups is 1. The summed E-state index contributed by atoms with van der Waals surface area (Å²) in [5, 5.41) is 0. The van der Waals surface area contributed by atoms with E-state index in [1.807, 2.05) is 4.90 Å². The Balaban J connectivity index is 1.52. The average Bonchev–Trinajstić information content (AvgIpc) is 3.28. The Morgan fingerprint density at radius 1 is 1.10 bits per heavy atom. The second-order valence-electron chi connectivity index (χ2n) is 8.96. The maximum Gasteiger partial charge on any atom is 0.251 e. The number of carbonyl (C=O) groups excluding carboxylic acids is 1. The zero-order valence-electron chi connectivity index (χ0n) is 17.9. The molecule has 1 amide bonds. The molecule has 4 heterocycles. The molecule has 3 aliphatic heterocycles. The summed E-state index contributed by atoms with van der Waals surface area (Å²) >= 11 is 0. The van der Waals surface area contributed by atoms with E-state index >= 15 is 0 Å². The van der Waals surface area contributed by atoms with E-state index < -0.39 is 9.84 Å². The predicted octanol–water partition coefficient (Wildman–Crippen LogP) is 2.00. The number of anilines is 1. The fraction of sp³-hybridized carbons (Fsp3) is 0.762. The summed E-state index contributed by atoms with van der Waals surface area (Å²) in [5.74, 6) is 1.40. The van der Waals surface area contributed by atoms with E-state index in [1.165, 1.54) is 12.5 Å². The lowest BCUT2D eigenvalue weighted by atomic mass is 9.93. The van der Waals surface area contributed by atoms with Gasteiger partial charge < -0.3 is 14.5 Å². The van der Waals surface area contributed by atoms with Gasteiger partial charge in [-0.15, -0.1) is 0 Å². The highest BCUT2D eigenvalue weighted by Gasteiger charge is 2.33. The lowest BCUT2D eigenvalue weighted by Crippen LogP contribution is -2.43. The first-order chi connectivity index (χ1) is 14.3. The number of hydrogen-bond acceptors (Lipinski definition) is 7. The van der Waals surface area contributed by atoms with Crippen molar-refractivity contribution < 1.29 is 17.9 Å². The maximum atomic E-state index is 12.6. The van der Waals surface area contributed by atoms with Crippen molar-refractivity contribution in [2.45, 2.75) is 62.4 Å². The molecule has 1 aromatic heterocycles. The molecule has 1 aromatic rings. The van der Waals surface area contributed by atoms with Gasteiger partial charge >= 0.3 is 0 Å². The number of likely N-dealkylation sites (tertiary alicyclic amines) is 1. The summed E-state index contributed by atoms with van der Waals surface area (Å²) in [6, 6.07) is 0. The number of nitrogens with zero attached hydrogens (tertiary/aromatic N) is 4. The third-order valence-corrected chi connectivity index (χ3v) is 7.75.